The number of hydrogen-bond donors (Lipinski definition) is 0. The fourth-order valence-corrected chi connectivity index (χ4v) is 1.95. The second-order valence-electron chi connectivity index (χ2n) is 3.52. The molecular weight excluding hydrogens is 242 g/mol. The Kier molecular flexibility index (Phi) is 3.15. The minimum absolute atomic E-state index is 0.0248. The predicted octanol–water partition coefficient (Wildman–Crippen LogP) is 1.83. The molecule has 1 aromatic carbocycles. The summed E-state index contributed by atoms with van der Waals surface area (Å²) in [5.74, 6) is -0.394. The van der Waals surface area contributed by atoms with Crippen molar-refractivity contribution in [3.63, 3.8) is 0 Å². The molecule has 0 fully saturated rings. The average Bonchev–Trinajstić information content (AvgIpc) is 2.33. The number of rotatable bonds is 2. The Morgan fingerprint density at radius 3 is 2.88 bits per heavy atom. The summed E-state index contributed by atoms with van der Waals surface area (Å²) in [7, 11) is 1.31. The van der Waals surface area contributed by atoms with Crippen LogP contribution < -0.4 is 5.43 Å². The first kappa shape index (κ1) is 11.7. The monoisotopic (exact) mass is 251 g/mol. The summed E-state index contributed by atoms with van der Waals surface area (Å²) in [6.45, 7) is 0.0248. The summed E-state index contributed by atoms with van der Waals surface area (Å²) >= 11 is 6.05. The number of esters is 1. The maximum absolute atomic E-state index is 11.7. The maximum atomic E-state index is 11.7. The van der Waals surface area contributed by atoms with Crippen LogP contribution in [0.5, 0.6) is 0 Å². The largest absolute Gasteiger partial charge is 0.468 e. The van der Waals surface area contributed by atoms with E-state index in [0.717, 1.165) is 0 Å². The lowest BCUT2D eigenvalue weighted by atomic mass is 10.2. The fourth-order valence-electron chi connectivity index (χ4n) is 1.66. The summed E-state index contributed by atoms with van der Waals surface area (Å²) in [5, 5.41) is 0.924. The quantitative estimate of drug-likeness (QED) is 0.765. The molecule has 0 amide bonds. The molecule has 4 nitrogen and oxygen atoms in total. The molecule has 0 aliphatic heterocycles. The van der Waals surface area contributed by atoms with Crippen LogP contribution in [0.15, 0.2) is 35.3 Å². The Labute approximate surface area is 102 Å². The highest BCUT2D eigenvalue weighted by Crippen LogP contribution is 2.20. The first-order chi connectivity index (χ1) is 8.13. The number of fused-ring (bicyclic) bond motifs is 1. The summed E-state index contributed by atoms with van der Waals surface area (Å²) in [4.78, 5) is 22.9. The van der Waals surface area contributed by atoms with Gasteiger partial charge in [-0.25, -0.2) is 0 Å². The van der Waals surface area contributed by atoms with Gasteiger partial charge in [-0.1, -0.05) is 17.7 Å². The molecule has 0 aliphatic rings. The lowest BCUT2D eigenvalue weighted by Gasteiger charge is -2.10. The summed E-state index contributed by atoms with van der Waals surface area (Å²) in [6.07, 6.45) is 1.54. The molecule has 0 radical (unpaired) electrons. The van der Waals surface area contributed by atoms with E-state index in [2.05, 4.69) is 4.74 Å². The van der Waals surface area contributed by atoms with Gasteiger partial charge in [0.2, 0.25) is 0 Å². The molecule has 0 aliphatic carbocycles. The molecule has 2 rings (SSSR count). The van der Waals surface area contributed by atoms with Crippen LogP contribution >= 0.6 is 11.6 Å². The van der Waals surface area contributed by atoms with Gasteiger partial charge in [0.05, 0.1) is 17.6 Å². The van der Waals surface area contributed by atoms with Crippen LogP contribution in [0.1, 0.15) is 0 Å². The molecule has 1 heterocycles. The minimum atomic E-state index is -0.394. The molecule has 0 atom stereocenters. The van der Waals surface area contributed by atoms with Crippen LogP contribution in [0.4, 0.5) is 0 Å². The third-order valence-electron chi connectivity index (χ3n) is 2.47. The normalized spacial score (nSPS) is 10.5. The van der Waals surface area contributed by atoms with Gasteiger partial charge in [-0.2, -0.15) is 0 Å². The minimum Gasteiger partial charge on any atom is -0.468 e. The molecule has 0 unspecified atom stereocenters. The molecular formula is C12H10ClNO3. The zero-order chi connectivity index (χ0) is 12.4. The third-order valence-corrected chi connectivity index (χ3v) is 2.78. The van der Waals surface area contributed by atoms with Gasteiger partial charge >= 0.3 is 5.97 Å². The number of carbonyl (C=O) groups is 1. The van der Waals surface area contributed by atoms with E-state index >= 15 is 0 Å². The van der Waals surface area contributed by atoms with Gasteiger partial charge in [0.25, 0.3) is 0 Å². The van der Waals surface area contributed by atoms with E-state index in [0.29, 0.717) is 15.9 Å². The van der Waals surface area contributed by atoms with Gasteiger partial charge in [-0.3, -0.25) is 9.59 Å². The van der Waals surface area contributed by atoms with E-state index in [1.54, 1.807) is 22.8 Å². The van der Waals surface area contributed by atoms with Crippen molar-refractivity contribution in [3.05, 3.63) is 45.7 Å². The number of halogens is 1. The van der Waals surface area contributed by atoms with Crippen molar-refractivity contribution in [2.24, 2.45) is 0 Å². The number of carbonyl (C=O) groups excluding carboxylic acids is 1. The molecule has 2 aromatic rings. The number of methoxy groups -OCH3 is 1. The Balaban J connectivity index is 2.68. The molecule has 0 bridgehead atoms. The third kappa shape index (κ3) is 2.17. The molecule has 0 spiro atoms. The highest BCUT2D eigenvalue weighted by atomic mass is 35.5. The molecule has 17 heavy (non-hydrogen) atoms. The first-order valence-electron chi connectivity index (χ1n) is 4.98. The predicted molar refractivity (Wildman–Crippen MR) is 65.2 cm³/mol. The van der Waals surface area contributed by atoms with Crippen molar-refractivity contribution >= 4 is 28.5 Å². The molecule has 0 saturated heterocycles. The molecule has 88 valence electrons. The van der Waals surface area contributed by atoms with E-state index in [4.69, 9.17) is 11.6 Å². The highest BCUT2D eigenvalue weighted by Gasteiger charge is 2.09. The van der Waals surface area contributed by atoms with Crippen molar-refractivity contribution in [1.82, 2.24) is 4.57 Å². The SMILES string of the molecule is COC(=O)Cn1ccc(=O)c2cccc(Cl)c21. The summed E-state index contributed by atoms with van der Waals surface area (Å²) < 4.78 is 6.19. The number of hydrogen-bond acceptors (Lipinski definition) is 3. The molecule has 0 N–H and O–H groups in total. The number of ether oxygens (including phenoxy) is 1. The van der Waals surface area contributed by atoms with Crippen molar-refractivity contribution in [2.45, 2.75) is 6.54 Å². The standard InChI is InChI=1S/C12H10ClNO3/c1-17-11(16)7-14-6-5-10(15)8-3-2-4-9(13)12(8)14/h2-6H,7H2,1H3. The summed E-state index contributed by atoms with van der Waals surface area (Å²) in [5.41, 5.74) is 0.427. The number of para-hydroxylation sites is 1. The second kappa shape index (κ2) is 4.59. The van der Waals surface area contributed by atoms with Gasteiger partial charge < -0.3 is 9.30 Å². The van der Waals surface area contributed by atoms with Gasteiger partial charge in [0.1, 0.15) is 6.54 Å². The van der Waals surface area contributed by atoms with E-state index < -0.39 is 5.97 Å². The van der Waals surface area contributed by atoms with Crippen LogP contribution in [0.2, 0.25) is 5.02 Å². The topological polar surface area (TPSA) is 48.3 Å². The number of aromatic nitrogens is 1. The molecule has 5 heteroatoms. The van der Waals surface area contributed by atoms with Crippen LogP contribution in [0.3, 0.4) is 0 Å². The van der Waals surface area contributed by atoms with Crippen molar-refractivity contribution < 1.29 is 9.53 Å². The first-order valence-corrected chi connectivity index (χ1v) is 5.36. The Hall–Kier alpha value is -1.81. The Morgan fingerprint density at radius 1 is 1.41 bits per heavy atom. The smallest absolute Gasteiger partial charge is 0.325 e. The lowest BCUT2D eigenvalue weighted by Crippen LogP contribution is -2.15. The van der Waals surface area contributed by atoms with E-state index in [9.17, 15) is 9.59 Å². The molecule has 1 aromatic heterocycles. The fraction of sp³-hybridized carbons (Fsp3) is 0.167. The van der Waals surface area contributed by atoms with Crippen molar-refractivity contribution in [3.8, 4) is 0 Å². The summed E-state index contributed by atoms with van der Waals surface area (Å²) in [6, 6.07) is 6.46. The van der Waals surface area contributed by atoms with Gasteiger partial charge in [0.15, 0.2) is 5.43 Å². The number of benzene rings is 1. The van der Waals surface area contributed by atoms with E-state index in [-0.39, 0.29) is 12.0 Å². The van der Waals surface area contributed by atoms with E-state index in [1.807, 2.05) is 0 Å². The second-order valence-corrected chi connectivity index (χ2v) is 3.93. The van der Waals surface area contributed by atoms with Gasteiger partial charge in [-0.15, -0.1) is 0 Å². The zero-order valence-corrected chi connectivity index (χ0v) is 9.90. The van der Waals surface area contributed by atoms with Crippen molar-refractivity contribution in [1.29, 1.82) is 0 Å². The van der Waals surface area contributed by atoms with Crippen LogP contribution in [-0.4, -0.2) is 17.6 Å². The molecule has 0 saturated carbocycles. The average molecular weight is 252 g/mol. The Bertz CT molecular complexity index is 633. The van der Waals surface area contributed by atoms with Gasteiger partial charge in [-0.05, 0) is 12.1 Å². The van der Waals surface area contributed by atoms with Crippen molar-refractivity contribution in [2.75, 3.05) is 7.11 Å². The zero-order valence-electron chi connectivity index (χ0n) is 9.14. The highest BCUT2D eigenvalue weighted by molar-refractivity contribution is 6.35. The maximum Gasteiger partial charge on any atom is 0.325 e. The van der Waals surface area contributed by atoms with Crippen LogP contribution in [0.25, 0.3) is 10.9 Å². The van der Waals surface area contributed by atoms with E-state index in [1.165, 1.54) is 19.4 Å². The number of pyridine rings is 1. The number of nitrogens with zero attached hydrogens (tertiary/aromatic N) is 1. The Morgan fingerprint density at radius 2 is 2.18 bits per heavy atom. The lowest BCUT2D eigenvalue weighted by molar-refractivity contribution is -0.141. The van der Waals surface area contributed by atoms with Crippen LogP contribution in [0, 0.1) is 0 Å². The van der Waals surface area contributed by atoms with Gasteiger partial charge in [0, 0.05) is 17.6 Å². The van der Waals surface area contributed by atoms with Crippen LogP contribution in [-0.2, 0) is 16.1 Å².